The molecule has 0 saturated heterocycles. The zero-order valence-corrected chi connectivity index (χ0v) is 16.0. The Labute approximate surface area is 168 Å². The van der Waals surface area contributed by atoms with Crippen molar-refractivity contribution in [2.75, 3.05) is 12.4 Å². The van der Waals surface area contributed by atoms with Gasteiger partial charge < -0.3 is 14.6 Å². The van der Waals surface area contributed by atoms with Crippen LogP contribution in [-0.4, -0.2) is 23.2 Å². The fourth-order valence-corrected chi connectivity index (χ4v) is 2.95. The number of methoxy groups -OCH3 is 1. The SMILES string of the molecule is COc1ccc(C(=O)Nc2cccc(-c3nc(-c4ccccc4C)no3)c2)cc1. The largest absolute Gasteiger partial charge is 0.497 e. The van der Waals surface area contributed by atoms with Crippen molar-refractivity contribution in [1.82, 2.24) is 10.1 Å². The molecule has 0 aliphatic rings. The molecule has 0 aliphatic heterocycles. The van der Waals surface area contributed by atoms with E-state index >= 15 is 0 Å². The number of nitrogens with zero attached hydrogens (tertiary/aromatic N) is 2. The Hall–Kier alpha value is -3.93. The third-order valence-corrected chi connectivity index (χ3v) is 4.53. The van der Waals surface area contributed by atoms with E-state index in [0.29, 0.717) is 28.7 Å². The van der Waals surface area contributed by atoms with Gasteiger partial charge in [0.2, 0.25) is 5.82 Å². The Morgan fingerprint density at radius 2 is 1.79 bits per heavy atom. The lowest BCUT2D eigenvalue weighted by Crippen LogP contribution is -2.11. The van der Waals surface area contributed by atoms with Gasteiger partial charge in [0.1, 0.15) is 5.75 Å². The van der Waals surface area contributed by atoms with Gasteiger partial charge in [-0.25, -0.2) is 0 Å². The van der Waals surface area contributed by atoms with Gasteiger partial charge in [0, 0.05) is 22.4 Å². The van der Waals surface area contributed by atoms with Crippen LogP contribution < -0.4 is 10.1 Å². The van der Waals surface area contributed by atoms with Crippen LogP contribution in [-0.2, 0) is 0 Å². The van der Waals surface area contributed by atoms with Crippen molar-refractivity contribution in [3.8, 4) is 28.6 Å². The summed E-state index contributed by atoms with van der Waals surface area (Å²) < 4.78 is 10.6. The van der Waals surface area contributed by atoms with Gasteiger partial charge in [-0.15, -0.1) is 0 Å². The van der Waals surface area contributed by atoms with E-state index in [4.69, 9.17) is 9.26 Å². The molecule has 144 valence electrons. The minimum Gasteiger partial charge on any atom is -0.497 e. The van der Waals surface area contributed by atoms with Gasteiger partial charge >= 0.3 is 0 Å². The number of carbonyl (C=O) groups excluding carboxylic acids is 1. The first-order valence-electron chi connectivity index (χ1n) is 9.09. The summed E-state index contributed by atoms with van der Waals surface area (Å²) in [5.41, 5.74) is 3.89. The van der Waals surface area contributed by atoms with Crippen LogP contribution in [0.5, 0.6) is 5.75 Å². The minimum atomic E-state index is -0.212. The average molecular weight is 385 g/mol. The Balaban J connectivity index is 1.54. The Morgan fingerprint density at radius 3 is 2.55 bits per heavy atom. The normalized spacial score (nSPS) is 10.6. The van der Waals surface area contributed by atoms with Crippen LogP contribution >= 0.6 is 0 Å². The highest BCUT2D eigenvalue weighted by Crippen LogP contribution is 2.26. The van der Waals surface area contributed by atoms with Crippen LogP contribution in [0.15, 0.2) is 77.3 Å². The molecule has 0 saturated carbocycles. The molecule has 0 unspecified atom stereocenters. The maximum Gasteiger partial charge on any atom is 0.258 e. The number of hydrogen-bond donors (Lipinski definition) is 1. The summed E-state index contributed by atoms with van der Waals surface area (Å²) >= 11 is 0. The number of aromatic nitrogens is 2. The molecule has 0 bridgehead atoms. The van der Waals surface area contributed by atoms with Gasteiger partial charge in [-0.2, -0.15) is 4.98 Å². The summed E-state index contributed by atoms with van der Waals surface area (Å²) in [5, 5.41) is 6.98. The highest BCUT2D eigenvalue weighted by Gasteiger charge is 2.13. The first-order chi connectivity index (χ1) is 14.1. The second kappa shape index (κ2) is 7.98. The summed E-state index contributed by atoms with van der Waals surface area (Å²) in [6.45, 7) is 2.00. The lowest BCUT2D eigenvalue weighted by atomic mass is 10.1. The van der Waals surface area contributed by atoms with Crippen LogP contribution in [0.25, 0.3) is 22.8 Å². The molecule has 3 aromatic carbocycles. The van der Waals surface area contributed by atoms with Gasteiger partial charge in [-0.05, 0) is 55.0 Å². The van der Waals surface area contributed by atoms with E-state index in [-0.39, 0.29) is 5.91 Å². The van der Waals surface area contributed by atoms with Crippen LogP contribution in [0.1, 0.15) is 15.9 Å². The smallest absolute Gasteiger partial charge is 0.258 e. The number of ether oxygens (including phenoxy) is 1. The van der Waals surface area contributed by atoms with Crippen molar-refractivity contribution in [3.05, 3.63) is 83.9 Å². The molecular formula is C23H19N3O3. The molecule has 0 radical (unpaired) electrons. The van der Waals surface area contributed by atoms with Crippen LogP contribution in [0, 0.1) is 6.92 Å². The topological polar surface area (TPSA) is 77.2 Å². The van der Waals surface area contributed by atoms with E-state index < -0.39 is 0 Å². The molecule has 1 heterocycles. The first-order valence-corrected chi connectivity index (χ1v) is 9.09. The molecule has 1 aromatic heterocycles. The summed E-state index contributed by atoms with van der Waals surface area (Å²) in [6, 6.07) is 22.1. The Morgan fingerprint density at radius 1 is 1.00 bits per heavy atom. The molecule has 0 spiro atoms. The van der Waals surface area contributed by atoms with E-state index in [9.17, 15) is 4.79 Å². The molecule has 1 amide bonds. The number of hydrogen-bond acceptors (Lipinski definition) is 5. The maximum atomic E-state index is 12.5. The third-order valence-electron chi connectivity index (χ3n) is 4.53. The maximum absolute atomic E-state index is 12.5. The molecule has 4 aromatic rings. The summed E-state index contributed by atoms with van der Waals surface area (Å²) in [4.78, 5) is 17.0. The van der Waals surface area contributed by atoms with E-state index in [2.05, 4.69) is 15.5 Å². The van der Waals surface area contributed by atoms with Gasteiger partial charge in [0.15, 0.2) is 0 Å². The summed E-state index contributed by atoms with van der Waals surface area (Å²) in [6.07, 6.45) is 0. The lowest BCUT2D eigenvalue weighted by Gasteiger charge is -2.07. The zero-order valence-electron chi connectivity index (χ0n) is 16.0. The highest BCUT2D eigenvalue weighted by atomic mass is 16.5. The van der Waals surface area contributed by atoms with Gasteiger partial charge in [0.05, 0.1) is 7.11 Å². The Kier molecular flexibility index (Phi) is 5.07. The molecular weight excluding hydrogens is 366 g/mol. The van der Waals surface area contributed by atoms with E-state index in [1.165, 1.54) is 0 Å². The van der Waals surface area contributed by atoms with Gasteiger partial charge in [0.25, 0.3) is 11.8 Å². The Bertz CT molecular complexity index is 1150. The second-order valence-corrected chi connectivity index (χ2v) is 6.50. The van der Waals surface area contributed by atoms with Crippen molar-refractivity contribution in [2.45, 2.75) is 6.92 Å². The average Bonchev–Trinajstić information content (AvgIpc) is 3.24. The molecule has 29 heavy (non-hydrogen) atoms. The van der Waals surface area contributed by atoms with Gasteiger partial charge in [-0.3, -0.25) is 4.79 Å². The van der Waals surface area contributed by atoms with E-state index in [1.807, 2.05) is 49.4 Å². The fraction of sp³-hybridized carbons (Fsp3) is 0.0870. The standard InChI is InChI=1S/C23H19N3O3/c1-15-6-3-4-9-20(15)21-25-23(29-26-21)17-7-5-8-18(14-17)24-22(27)16-10-12-19(28-2)13-11-16/h3-14H,1-2H3,(H,24,27). The molecule has 0 atom stereocenters. The quantitative estimate of drug-likeness (QED) is 0.525. The molecule has 6 heteroatoms. The third kappa shape index (κ3) is 4.01. The number of benzene rings is 3. The molecule has 6 nitrogen and oxygen atoms in total. The fourth-order valence-electron chi connectivity index (χ4n) is 2.95. The number of nitrogens with one attached hydrogen (secondary N) is 1. The highest BCUT2D eigenvalue weighted by molar-refractivity contribution is 6.04. The predicted octanol–water partition coefficient (Wildman–Crippen LogP) is 4.97. The van der Waals surface area contributed by atoms with Crippen LogP contribution in [0.4, 0.5) is 5.69 Å². The number of amides is 1. The number of aryl methyl sites for hydroxylation is 1. The molecule has 1 N–H and O–H groups in total. The summed E-state index contributed by atoms with van der Waals surface area (Å²) in [7, 11) is 1.59. The number of rotatable bonds is 5. The van der Waals surface area contributed by atoms with E-state index in [0.717, 1.165) is 16.7 Å². The first kappa shape index (κ1) is 18.4. The molecule has 4 rings (SSSR count). The number of anilines is 1. The zero-order chi connectivity index (χ0) is 20.2. The minimum absolute atomic E-state index is 0.212. The van der Waals surface area contributed by atoms with Crippen molar-refractivity contribution in [3.63, 3.8) is 0 Å². The van der Waals surface area contributed by atoms with E-state index in [1.54, 1.807) is 37.4 Å². The summed E-state index contributed by atoms with van der Waals surface area (Å²) in [5.74, 6) is 1.41. The van der Waals surface area contributed by atoms with Crippen molar-refractivity contribution in [1.29, 1.82) is 0 Å². The lowest BCUT2D eigenvalue weighted by molar-refractivity contribution is 0.102. The predicted molar refractivity (Wildman–Crippen MR) is 111 cm³/mol. The molecule has 0 fully saturated rings. The second-order valence-electron chi connectivity index (χ2n) is 6.50. The van der Waals surface area contributed by atoms with Crippen LogP contribution in [0.3, 0.4) is 0 Å². The monoisotopic (exact) mass is 385 g/mol. The van der Waals surface area contributed by atoms with Gasteiger partial charge in [-0.1, -0.05) is 35.5 Å². The van der Waals surface area contributed by atoms with Crippen molar-refractivity contribution in [2.24, 2.45) is 0 Å². The van der Waals surface area contributed by atoms with Crippen molar-refractivity contribution < 1.29 is 14.1 Å². The van der Waals surface area contributed by atoms with Crippen molar-refractivity contribution >= 4 is 11.6 Å². The number of carbonyl (C=O) groups is 1. The van der Waals surface area contributed by atoms with Crippen LogP contribution in [0.2, 0.25) is 0 Å². The molecule has 0 aliphatic carbocycles.